The largest absolute Gasteiger partial charge is 0.384 e. The van der Waals surface area contributed by atoms with Crippen molar-refractivity contribution in [2.75, 3.05) is 6.54 Å². The molecule has 0 radical (unpaired) electrons. The van der Waals surface area contributed by atoms with E-state index in [2.05, 4.69) is 19.9 Å². The molecule has 0 spiro atoms. The lowest BCUT2D eigenvalue weighted by atomic mass is 10.1. The number of H-pyrrole nitrogens is 2. The minimum absolute atomic E-state index is 0.145. The van der Waals surface area contributed by atoms with Crippen molar-refractivity contribution in [1.29, 1.82) is 0 Å². The van der Waals surface area contributed by atoms with Crippen molar-refractivity contribution in [2.24, 2.45) is 5.73 Å². The predicted octanol–water partition coefficient (Wildman–Crippen LogP) is 0.945. The van der Waals surface area contributed by atoms with Crippen LogP contribution in [0.2, 0.25) is 0 Å². The van der Waals surface area contributed by atoms with E-state index in [0.717, 1.165) is 22.3 Å². The fraction of sp³-hybridized carbons (Fsp3) is 0.167. The van der Waals surface area contributed by atoms with Crippen LogP contribution in [0.1, 0.15) is 11.9 Å². The number of aromatic amines is 2. The van der Waals surface area contributed by atoms with Gasteiger partial charge in [0.1, 0.15) is 11.9 Å². The third-order valence-corrected chi connectivity index (χ3v) is 2.87. The van der Waals surface area contributed by atoms with E-state index in [0.29, 0.717) is 5.82 Å². The van der Waals surface area contributed by atoms with Crippen molar-refractivity contribution in [3.05, 3.63) is 36.5 Å². The standard InChI is InChI=1S/C12H13N5O/c13-4-11(18)12-14-5-10(17-12)7-1-2-8-9(3-7)16-6-15-8/h1-3,5-6,11,18H,4,13H2,(H,14,17)(H,15,16). The molecule has 3 aromatic rings. The molecule has 18 heavy (non-hydrogen) atoms. The van der Waals surface area contributed by atoms with Crippen molar-refractivity contribution in [1.82, 2.24) is 19.9 Å². The van der Waals surface area contributed by atoms with Crippen molar-refractivity contribution in [3.63, 3.8) is 0 Å². The van der Waals surface area contributed by atoms with Crippen molar-refractivity contribution < 1.29 is 5.11 Å². The van der Waals surface area contributed by atoms with Gasteiger partial charge >= 0.3 is 0 Å². The minimum atomic E-state index is -0.755. The van der Waals surface area contributed by atoms with Crippen LogP contribution >= 0.6 is 0 Å². The molecule has 6 heteroatoms. The van der Waals surface area contributed by atoms with Gasteiger partial charge in [-0.1, -0.05) is 6.07 Å². The highest BCUT2D eigenvalue weighted by atomic mass is 16.3. The van der Waals surface area contributed by atoms with Gasteiger partial charge in [0, 0.05) is 12.1 Å². The van der Waals surface area contributed by atoms with Crippen LogP contribution in [0.25, 0.3) is 22.3 Å². The lowest BCUT2D eigenvalue weighted by Gasteiger charge is -2.02. The van der Waals surface area contributed by atoms with Crippen molar-refractivity contribution in [3.8, 4) is 11.3 Å². The van der Waals surface area contributed by atoms with Crippen LogP contribution in [0.3, 0.4) is 0 Å². The molecule has 0 aliphatic carbocycles. The molecule has 0 amide bonds. The molecule has 1 unspecified atom stereocenters. The summed E-state index contributed by atoms with van der Waals surface area (Å²) in [5.74, 6) is 0.484. The number of hydrogen-bond acceptors (Lipinski definition) is 4. The molecule has 92 valence electrons. The first kappa shape index (κ1) is 10.9. The molecule has 0 aliphatic rings. The Hall–Kier alpha value is -2.18. The second kappa shape index (κ2) is 4.25. The number of nitrogens with zero attached hydrogens (tertiary/aromatic N) is 2. The van der Waals surface area contributed by atoms with Crippen LogP contribution < -0.4 is 5.73 Å². The lowest BCUT2D eigenvalue weighted by Crippen LogP contribution is -2.12. The summed E-state index contributed by atoms with van der Waals surface area (Å²) in [6.07, 6.45) is 2.59. The number of nitrogens with one attached hydrogen (secondary N) is 2. The van der Waals surface area contributed by atoms with Gasteiger partial charge in [0.25, 0.3) is 0 Å². The quantitative estimate of drug-likeness (QED) is 0.549. The molecule has 0 saturated carbocycles. The first-order valence-electron chi connectivity index (χ1n) is 5.64. The molecule has 0 saturated heterocycles. The Morgan fingerprint density at radius 1 is 1.33 bits per heavy atom. The van der Waals surface area contributed by atoms with Gasteiger partial charge in [-0.05, 0) is 12.1 Å². The molecule has 0 aliphatic heterocycles. The normalized spacial score (nSPS) is 13.0. The first-order valence-corrected chi connectivity index (χ1v) is 5.64. The first-order chi connectivity index (χ1) is 8.78. The Morgan fingerprint density at radius 2 is 2.22 bits per heavy atom. The Balaban J connectivity index is 2.00. The van der Waals surface area contributed by atoms with E-state index in [-0.39, 0.29) is 6.54 Å². The third-order valence-electron chi connectivity index (χ3n) is 2.87. The summed E-state index contributed by atoms with van der Waals surface area (Å²) in [7, 11) is 0. The summed E-state index contributed by atoms with van der Waals surface area (Å²) in [6.45, 7) is 0.145. The summed E-state index contributed by atoms with van der Waals surface area (Å²) >= 11 is 0. The average molecular weight is 243 g/mol. The molecule has 0 bridgehead atoms. The highest BCUT2D eigenvalue weighted by molar-refractivity contribution is 5.80. The molecule has 0 fully saturated rings. The van der Waals surface area contributed by atoms with E-state index in [1.807, 2.05) is 18.2 Å². The summed E-state index contributed by atoms with van der Waals surface area (Å²) < 4.78 is 0. The van der Waals surface area contributed by atoms with Gasteiger partial charge in [-0.2, -0.15) is 0 Å². The van der Waals surface area contributed by atoms with E-state index in [1.54, 1.807) is 12.5 Å². The Labute approximate surface area is 103 Å². The number of hydrogen-bond donors (Lipinski definition) is 4. The Bertz CT molecular complexity index is 672. The summed E-state index contributed by atoms with van der Waals surface area (Å²) in [5.41, 5.74) is 9.09. The van der Waals surface area contributed by atoms with E-state index in [4.69, 9.17) is 5.73 Å². The van der Waals surface area contributed by atoms with E-state index in [9.17, 15) is 5.11 Å². The average Bonchev–Trinajstić information content (AvgIpc) is 3.05. The lowest BCUT2D eigenvalue weighted by molar-refractivity contribution is 0.177. The maximum absolute atomic E-state index is 9.59. The zero-order valence-corrected chi connectivity index (χ0v) is 9.59. The van der Waals surface area contributed by atoms with Gasteiger partial charge in [0.15, 0.2) is 0 Å². The zero-order chi connectivity index (χ0) is 12.5. The maximum atomic E-state index is 9.59. The fourth-order valence-corrected chi connectivity index (χ4v) is 1.87. The molecular formula is C12H13N5O. The van der Waals surface area contributed by atoms with Crippen LogP contribution in [0.4, 0.5) is 0 Å². The molecule has 1 aromatic carbocycles. The summed E-state index contributed by atoms with van der Waals surface area (Å²) in [4.78, 5) is 14.4. The number of aliphatic hydroxyl groups is 1. The third kappa shape index (κ3) is 1.77. The van der Waals surface area contributed by atoms with Crippen LogP contribution in [-0.2, 0) is 0 Å². The smallest absolute Gasteiger partial charge is 0.136 e. The number of fused-ring (bicyclic) bond motifs is 1. The van der Waals surface area contributed by atoms with Crippen LogP contribution in [0.5, 0.6) is 0 Å². The highest BCUT2D eigenvalue weighted by Gasteiger charge is 2.10. The highest BCUT2D eigenvalue weighted by Crippen LogP contribution is 2.22. The van der Waals surface area contributed by atoms with E-state index < -0.39 is 6.10 Å². The number of rotatable bonds is 3. The van der Waals surface area contributed by atoms with Crippen LogP contribution in [-0.4, -0.2) is 31.6 Å². The predicted molar refractivity (Wildman–Crippen MR) is 67.7 cm³/mol. The molecule has 6 nitrogen and oxygen atoms in total. The van der Waals surface area contributed by atoms with Crippen LogP contribution in [0.15, 0.2) is 30.7 Å². The van der Waals surface area contributed by atoms with Gasteiger partial charge in [-0.3, -0.25) is 0 Å². The molecule has 3 rings (SSSR count). The second-order valence-corrected chi connectivity index (χ2v) is 4.07. The Morgan fingerprint density at radius 3 is 3.06 bits per heavy atom. The van der Waals surface area contributed by atoms with Crippen molar-refractivity contribution in [2.45, 2.75) is 6.10 Å². The summed E-state index contributed by atoms with van der Waals surface area (Å²) in [5, 5.41) is 9.59. The molecule has 1 atom stereocenters. The number of benzene rings is 1. The van der Waals surface area contributed by atoms with Gasteiger partial charge in [-0.25, -0.2) is 9.97 Å². The zero-order valence-electron chi connectivity index (χ0n) is 9.59. The topological polar surface area (TPSA) is 104 Å². The van der Waals surface area contributed by atoms with Gasteiger partial charge in [0.05, 0.1) is 29.3 Å². The van der Waals surface area contributed by atoms with Gasteiger partial charge in [-0.15, -0.1) is 0 Å². The maximum Gasteiger partial charge on any atom is 0.136 e. The van der Waals surface area contributed by atoms with E-state index in [1.165, 1.54) is 0 Å². The number of nitrogens with two attached hydrogens (primary N) is 1. The minimum Gasteiger partial charge on any atom is -0.384 e. The fourth-order valence-electron chi connectivity index (χ4n) is 1.87. The Kier molecular flexibility index (Phi) is 2.58. The molecule has 2 aromatic heterocycles. The van der Waals surface area contributed by atoms with E-state index >= 15 is 0 Å². The molecule has 5 N–H and O–H groups in total. The molecular weight excluding hydrogens is 230 g/mol. The SMILES string of the molecule is NCC(O)c1ncc(-c2ccc3nc[nH]c3c2)[nH]1. The number of imidazole rings is 2. The monoisotopic (exact) mass is 243 g/mol. The summed E-state index contributed by atoms with van der Waals surface area (Å²) in [6, 6.07) is 5.87. The van der Waals surface area contributed by atoms with Crippen molar-refractivity contribution >= 4 is 11.0 Å². The van der Waals surface area contributed by atoms with Gasteiger partial charge < -0.3 is 20.8 Å². The molecule has 2 heterocycles. The number of aromatic nitrogens is 4. The van der Waals surface area contributed by atoms with Gasteiger partial charge in [0.2, 0.25) is 0 Å². The number of aliphatic hydroxyl groups excluding tert-OH is 1. The van der Waals surface area contributed by atoms with Crippen LogP contribution in [0, 0.1) is 0 Å². The second-order valence-electron chi connectivity index (χ2n) is 4.07.